The number of para-hydroxylation sites is 2. The van der Waals surface area contributed by atoms with E-state index in [1.807, 2.05) is 12.1 Å². The van der Waals surface area contributed by atoms with E-state index in [1.165, 1.54) is 28.3 Å². The first-order chi connectivity index (χ1) is 11.3. The van der Waals surface area contributed by atoms with Gasteiger partial charge in [-0.15, -0.1) is 0 Å². The summed E-state index contributed by atoms with van der Waals surface area (Å²) in [7, 11) is -0.686. The largest absolute Gasteiger partial charge is 0.455 e. The SMILES string of the molecule is O=S1C2C=C(c3cccc4c3oc3ccccc34)CC1CCC2. The fraction of sp³-hybridized carbons (Fsp3) is 0.300. The number of benzene rings is 2. The van der Waals surface area contributed by atoms with Crippen LogP contribution in [0.3, 0.4) is 0 Å². The average molecular weight is 322 g/mol. The van der Waals surface area contributed by atoms with E-state index in [1.54, 1.807) is 0 Å². The van der Waals surface area contributed by atoms with E-state index in [2.05, 4.69) is 36.4 Å². The summed E-state index contributed by atoms with van der Waals surface area (Å²) in [5.41, 5.74) is 4.43. The molecule has 3 unspecified atom stereocenters. The van der Waals surface area contributed by atoms with E-state index in [0.717, 1.165) is 30.4 Å². The van der Waals surface area contributed by atoms with E-state index in [-0.39, 0.29) is 5.25 Å². The summed E-state index contributed by atoms with van der Waals surface area (Å²) in [4.78, 5) is 0. The lowest BCUT2D eigenvalue weighted by molar-refractivity contribution is 0.579. The molecule has 0 radical (unpaired) electrons. The smallest absolute Gasteiger partial charge is 0.142 e. The third kappa shape index (κ3) is 2.03. The first-order valence-corrected chi connectivity index (χ1v) is 9.59. The molecular weight excluding hydrogens is 304 g/mol. The Hall–Kier alpha value is -1.87. The summed E-state index contributed by atoms with van der Waals surface area (Å²) in [6, 6.07) is 14.6. The molecule has 3 heterocycles. The van der Waals surface area contributed by atoms with Gasteiger partial charge in [-0.05, 0) is 30.9 Å². The quantitative estimate of drug-likeness (QED) is 0.628. The van der Waals surface area contributed by atoms with Gasteiger partial charge in [0.1, 0.15) is 11.2 Å². The topological polar surface area (TPSA) is 30.2 Å². The molecule has 3 atom stereocenters. The number of hydrogen-bond acceptors (Lipinski definition) is 2. The van der Waals surface area contributed by atoms with E-state index in [4.69, 9.17) is 4.42 Å². The van der Waals surface area contributed by atoms with Gasteiger partial charge in [0, 0.05) is 32.4 Å². The zero-order valence-electron chi connectivity index (χ0n) is 12.8. The van der Waals surface area contributed by atoms with Gasteiger partial charge in [-0.2, -0.15) is 0 Å². The van der Waals surface area contributed by atoms with Crippen molar-refractivity contribution in [2.75, 3.05) is 0 Å². The molecule has 5 rings (SSSR count). The summed E-state index contributed by atoms with van der Waals surface area (Å²) in [5, 5.41) is 2.91. The van der Waals surface area contributed by atoms with Crippen molar-refractivity contribution in [1.29, 1.82) is 0 Å². The lowest BCUT2D eigenvalue weighted by Gasteiger charge is -2.32. The normalized spacial score (nSPS) is 27.3. The Balaban J connectivity index is 1.73. The molecule has 2 aromatic carbocycles. The van der Waals surface area contributed by atoms with E-state index >= 15 is 0 Å². The highest BCUT2D eigenvalue weighted by Crippen LogP contribution is 2.40. The number of furan rings is 1. The van der Waals surface area contributed by atoms with Crippen LogP contribution in [-0.2, 0) is 10.8 Å². The van der Waals surface area contributed by atoms with Crippen LogP contribution < -0.4 is 0 Å². The zero-order valence-corrected chi connectivity index (χ0v) is 13.6. The third-order valence-electron chi connectivity index (χ3n) is 5.23. The van der Waals surface area contributed by atoms with Crippen molar-refractivity contribution in [1.82, 2.24) is 0 Å². The minimum atomic E-state index is -0.686. The molecule has 2 bridgehead atoms. The maximum Gasteiger partial charge on any atom is 0.142 e. The average Bonchev–Trinajstić information content (AvgIpc) is 2.93. The number of allylic oxidation sites excluding steroid dienone is 1. The second-order valence-corrected chi connectivity index (χ2v) is 8.53. The molecule has 116 valence electrons. The highest BCUT2D eigenvalue weighted by Gasteiger charge is 2.34. The maximum atomic E-state index is 12.4. The minimum Gasteiger partial charge on any atom is -0.455 e. The van der Waals surface area contributed by atoms with Gasteiger partial charge < -0.3 is 4.42 Å². The van der Waals surface area contributed by atoms with Crippen molar-refractivity contribution in [2.24, 2.45) is 0 Å². The van der Waals surface area contributed by atoms with Crippen molar-refractivity contribution >= 4 is 38.3 Å². The second-order valence-electron chi connectivity index (χ2n) is 6.60. The van der Waals surface area contributed by atoms with Crippen molar-refractivity contribution < 1.29 is 8.63 Å². The Kier molecular flexibility index (Phi) is 2.99. The van der Waals surface area contributed by atoms with Gasteiger partial charge in [-0.1, -0.05) is 48.9 Å². The van der Waals surface area contributed by atoms with Crippen molar-refractivity contribution in [3.05, 3.63) is 54.1 Å². The van der Waals surface area contributed by atoms with Crippen molar-refractivity contribution in [3.8, 4) is 0 Å². The standard InChI is InChI=1S/C20H18O2S/c21-23-14-5-3-6-15(23)12-13(11-14)16-8-4-9-18-17-7-1-2-10-19(17)22-20(16)18/h1-2,4,7-11,14-15H,3,5-6,12H2. The van der Waals surface area contributed by atoms with Crippen LogP contribution in [0.1, 0.15) is 31.2 Å². The van der Waals surface area contributed by atoms with E-state index < -0.39 is 10.8 Å². The highest BCUT2D eigenvalue weighted by molar-refractivity contribution is 7.86. The molecule has 0 N–H and O–H groups in total. The fourth-order valence-electron chi connectivity index (χ4n) is 4.10. The van der Waals surface area contributed by atoms with Gasteiger partial charge in [0.05, 0.1) is 5.25 Å². The van der Waals surface area contributed by atoms with Crippen LogP contribution in [0.25, 0.3) is 27.5 Å². The van der Waals surface area contributed by atoms with Crippen molar-refractivity contribution in [3.63, 3.8) is 0 Å². The van der Waals surface area contributed by atoms with Gasteiger partial charge in [-0.3, -0.25) is 4.21 Å². The highest BCUT2D eigenvalue weighted by atomic mass is 32.2. The van der Waals surface area contributed by atoms with E-state index in [0.29, 0.717) is 5.25 Å². The lowest BCUT2D eigenvalue weighted by Crippen LogP contribution is -2.33. The van der Waals surface area contributed by atoms with Crippen LogP contribution in [0.5, 0.6) is 0 Å². The Bertz CT molecular complexity index is 966. The van der Waals surface area contributed by atoms with Crippen LogP contribution in [0, 0.1) is 0 Å². The van der Waals surface area contributed by atoms with Gasteiger partial charge in [0.25, 0.3) is 0 Å². The number of rotatable bonds is 1. The van der Waals surface area contributed by atoms with Crippen LogP contribution in [0.4, 0.5) is 0 Å². The molecule has 0 spiro atoms. The maximum absolute atomic E-state index is 12.4. The zero-order chi connectivity index (χ0) is 15.4. The second kappa shape index (κ2) is 5.07. The molecule has 2 aliphatic heterocycles. The Morgan fingerprint density at radius 1 is 1.00 bits per heavy atom. The van der Waals surface area contributed by atoms with Gasteiger partial charge in [0.2, 0.25) is 0 Å². The lowest BCUT2D eigenvalue weighted by atomic mass is 9.92. The molecule has 0 amide bonds. The molecular formula is C20H18O2S. The Morgan fingerprint density at radius 3 is 2.78 bits per heavy atom. The molecule has 2 aliphatic rings. The molecule has 0 aliphatic carbocycles. The van der Waals surface area contributed by atoms with Crippen LogP contribution in [0.15, 0.2) is 53.0 Å². The number of fused-ring (bicyclic) bond motifs is 5. The Labute approximate surface area is 137 Å². The molecule has 2 nitrogen and oxygen atoms in total. The summed E-state index contributed by atoms with van der Waals surface area (Å²) < 4.78 is 18.6. The molecule has 3 aromatic rings. The van der Waals surface area contributed by atoms with Crippen molar-refractivity contribution in [2.45, 2.75) is 36.2 Å². The summed E-state index contributed by atoms with van der Waals surface area (Å²) in [6.07, 6.45) is 6.53. The fourth-order valence-corrected chi connectivity index (χ4v) is 6.03. The predicted molar refractivity (Wildman–Crippen MR) is 95.9 cm³/mol. The predicted octanol–water partition coefficient (Wildman–Crippen LogP) is 5.04. The Morgan fingerprint density at radius 2 is 1.87 bits per heavy atom. The molecule has 1 fully saturated rings. The van der Waals surface area contributed by atoms with Crippen LogP contribution in [-0.4, -0.2) is 14.7 Å². The van der Waals surface area contributed by atoms with Crippen LogP contribution in [0.2, 0.25) is 0 Å². The summed E-state index contributed by atoms with van der Waals surface area (Å²) in [6.45, 7) is 0. The summed E-state index contributed by atoms with van der Waals surface area (Å²) in [5.74, 6) is 0. The molecule has 23 heavy (non-hydrogen) atoms. The van der Waals surface area contributed by atoms with Gasteiger partial charge in [0.15, 0.2) is 0 Å². The third-order valence-corrected chi connectivity index (χ3v) is 7.25. The van der Waals surface area contributed by atoms with Gasteiger partial charge >= 0.3 is 0 Å². The molecule has 3 heteroatoms. The molecule has 1 aromatic heterocycles. The van der Waals surface area contributed by atoms with Gasteiger partial charge in [-0.25, -0.2) is 0 Å². The first-order valence-electron chi connectivity index (χ1n) is 8.32. The minimum absolute atomic E-state index is 0.233. The first kappa shape index (κ1) is 13.6. The van der Waals surface area contributed by atoms with Crippen LogP contribution >= 0.6 is 0 Å². The van der Waals surface area contributed by atoms with E-state index in [9.17, 15) is 4.21 Å². The molecule has 1 saturated heterocycles. The number of hydrogen-bond donors (Lipinski definition) is 0. The monoisotopic (exact) mass is 322 g/mol. The molecule has 0 saturated carbocycles. The summed E-state index contributed by atoms with van der Waals surface area (Å²) >= 11 is 0.